The van der Waals surface area contributed by atoms with E-state index in [9.17, 15) is 4.79 Å². The van der Waals surface area contributed by atoms with Crippen LogP contribution >= 0.6 is 0 Å². The number of piperidine rings is 1. The molecule has 7 rings (SSSR count). The molecule has 1 aliphatic carbocycles. The quantitative estimate of drug-likeness (QED) is 0.253. The molecule has 4 aromatic rings. The van der Waals surface area contributed by atoms with Crippen LogP contribution < -0.4 is 0 Å². The molecular weight excluding hydrogens is 476 g/mol. The van der Waals surface area contributed by atoms with Crippen molar-refractivity contribution in [2.24, 2.45) is 5.92 Å². The predicted octanol–water partition coefficient (Wildman–Crippen LogP) is 6.99. The molecule has 0 N–H and O–H groups in total. The molecule has 0 radical (unpaired) electrons. The van der Waals surface area contributed by atoms with Crippen molar-refractivity contribution in [3.05, 3.63) is 131 Å². The van der Waals surface area contributed by atoms with Crippen molar-refractivity contribution in [1.29, 1.82) is 0 Å². The molecule has 4 aromatic carbocycles. The van der Waals surface area contributed by atoms with Crippen LogP contribution in [0.2, 0.25) is 0 Å². The minimum atomic E-state index is 0.190. The van der Waals surface area contributed by atoms with Crippen molar-refractivity contribution in [3.63, 3.8) is 0 Å². The SMILES string of the molecule is O=C(c1cccc2c1-c1ccccc1C2)N1CC(CN2CCC(c3ccccc3)CC2)C(c2ccccc2)C1. The monoisotopic (exact) mass is 512 g/mol. The normalized spacial score (nSPS) is 21.1. The molecule has 2 aliphatic heterocycles. The maximum Gasteiger partial charge on any atom is 0.254 e. The Hall–Kier alpha value is -3.69. The molecule has 3 nitrogen and oxygen atoms in total. The van der Waals surface area contributed by atoms with E-state index in [1.807, 2.05) is 6.07 Å². The Bertz CT molecular complexity index is 1460. The van der Waals surface area contributed by atoms with E-state index < -0.39 is 0 Å². The molecule has 3 aliphatic rings. The van der Waals surface area contributed by atoms with Gasteiger partial charge in [-0.2, -0.15) is 0 Å². The van der Waals surface area contributed by atoms with Crippen molar-refractivity contribution in [1.82, 2.24) is 9.80 Å². The molecule has 3 heteroatoms. The maximum absolute atomic E-state index is 14.1. The number of hydrogen-bond donors (Lipinski definition) is 0. The van der Waals surface area contributed by atoms with Gasteiger partial charge in [-0.15, -0.1) is 0 Å². The van der Waals surface area contributed by atoms with Crippen LogP contribution in [0.15, 0.2) is 103 Å². The second-order valence-electron chi connectivity index (χ2n) is 11.6. The van der Waals surface area contributed by atoms with Crippen LogP contribution in [0.25, 0.3) is 11.1 Å². The first-order chi connectivity index (χ1) is 19.2. The van der Waals surface area contributed by atoms with Crippen molar-refractivity contribution >= 4 is 5.91 Å². The zero-order valence-electron chi connectivity index (χ0n) is 22.5. The summed E-state index contributed by atoms with van der Waals surface area (Å²) in [5, 5.41) is 0. The first-order valence-corrected chi connectivity index (χ1v) is 14.6. The van der Waals surface area contributed by atoms with Crippen molar-refractivity contribution in [3.8, 4) is 11.1 Å². The largest absolute Gasteiger partial charge is 0.338 e. The molecule has 0 spiro atoms. The van der Waals surface area contributed by atoms with Gasteiger partial charge in [0.15, 0.2) is 0 Å². The number of fused-ring (bicyclic) bond motifs is 3. The molecular formula is C36H36N2O. The van der Waals surface area contributed by atoms with Crippen LogP contribution in [0.1, 0.15) is 57.3 Å². The highest BCUT2D eigenvalue weighted by Crippen LogP contribution is 2.41. The lowest BCUT2D eigenvalue weighted by molar-refractivity contribution is 0.0782. The summed E-state index contributed by atoms with van der Waals surface area (Å²) in [6.07, 6.45) is 3.34. The highest BCUT2D eigenvalue weighted by molar-refractivity contribution is 6.03. The lowest BCUT2D eigenvalue weighted by atomic mass is 9.86. The fourth-order valence-corrected chi connectivity index (χ4v) is 7.34. The average Bonchev–Trinajstić information content (AvgIpc) is 3.60. The van der Waals surface area contributed by atoms with E-state index in [0.29, 0.717) is 17.8 Å². The molecule has 2 unspecified atom stereocenters. The van der Waals surface area contributed by atoms with Gasteiger partial charge < -0.3 is 9.80 Å². The molecule has 39 heavy (non-hydrogen) atoms. The number of benzene rings is 4. The number of amides is 1. The zero-order valence-corrected chi connectivity index (χ0v) is 22.5. The van der Waals surface area contributed by atoms with Crippen LogP contribution in [0.4, 0.5) is 0 Å². The van der Waals surface area contributed by atoms with Crippen LogP contribution in [0.5, 0.6) is 0 Å². The highest BCUT2D eigenvalue weighted by Gasteiger charge is 2.39. The van der Waals surface area contributed by atoms with Crippen molar-refractivity contribution in [2.75, 3.05) is 32.7 Å². The van der Waals surface area contributed by atoms with Gasteiger partial charge in [-0.25, -0.2) is 0 Å². The van der Waals surface area contributed by atoms with E-state index in [0.717, 1.165) is 50.3 Å². The summed E-state index contributed by atoms with van der Waals surface area (Å²) in [6, 6.07) is 36.7. The van der Waals surface area contributed by atoms with Gasteiger partial charge in [0.1, 0.15) is 0 Å². The lowest BCUT2D eigenvalue weighted by Crippen LogP contribution is -2.38. The van der Waals surface area contributed by atoms with Crippen molar-refractivity contribution < 1.29 is 4.79 Å². The number of hydrogen-bond acceptors (Lipinski definition) is 2. The van der Waals surface area contributed by atoms with Gasteiger partial charge in [0, 0.05) is 31.1 Å². The molecule has 1 amide bonds. The topological polar surface area (TPSA) is 23.6 Å². The molecule has 2 heterocycles. The molecule has 0 saturated carbocycles. The predicted molar refractivity (Wildman–Crippen MR) is 158 cm³/mol. The second-order valence-corrected chi connectivity index (χ2v) is 11.6. The van der Waals surface area contributed by atoms with Crippen LogP contribution in [-0.4, -0.2) is 48.4 Å². The summed E-state index contributed by atoms with van der Waals surface area (Å²) in [5.41, 5.74) is 8.70. The highest BCUT2D eigenvalue weighted by atomic mass is 16.2. The van der Waals surface area contributed by atoms with Crippen molar-refractivity contribution in [2.45, 2.75) is 31.1 Å². The Morgan fingerprint density at radius 3 is 2.13 bits per heavy atom. The molecule has 0 bridgehead atoms. The summed E-state index contributed by atoms with van der Waals surface area (Å²) < 4.78 is 0. The Kier molecular flexibility index (Phi) is 6.54. The van der Waals surface area contributed by atoms with E-state index in [4.69, 9.17) is 0 Å². The Balaban J connectivity index is 1.11. The molecule has 0 aromatic heterocycles. The smallest absolute Gasteiger partial charge is 0.254 e. The third-order valence-corrected chi connectivity index (χ3v) is 9.36. The summed E-state index contributed by atoms with van der Waals surface area (Å²) >= 11 is 0. The van der Waals surface area contributed by atoms with Gasteiger partial charge in [0.2, 0.25) is 0 Å². The van der Waals surface area contributed by atoms with Gasteiger partial charge in [-0.3, -0.25) is 4.79 Å². The lowest BCUT2D eigenvalue weighted by Gasteiger charge is -2.34. The molecule has 2 atom stereocenters. The van der Waals surface area contributed by atoms with Gasteiger partial charge in [-0.05, 0) is 83.6 Å². The first-order valence-electron chi connectivity index (χ1n) is 14.6. The van der Waals surface area contributed by atoms with Gasteiger partial charge >= 0.3 is 0 Å². The van der Waals surface area contributed by atoms with Gasteiger partial charge in [0.25, 0.3) is 5.91 Å². The zero-order chi connectivity index (χ0) is 26.2. The molecule has 2 saturated heterocycles. The third kappa shape index (κ3) is 4.70. The Morgan fingerprint density at radius 1 is 0.692 bits per heavy atom. The number of likely N-dealkylation sites (tertiary alicyclic amines) is 2. The molecule has 2 fully saturated rings. The van der Waals surface area contributed by atoms with E-state index in [2.05, 4.69) is 107 Å². The number of carbonyl (C=O) groups excluding carboxylic acids is 1. The van der Waals surface area contributed by atoms with E-state index in [1.54, 1.807) is 0 Å². The van der Waals surface area contributed by atoms with Gasteiger partial charge in [0.05, 0.1) is 0 Å². The third-order valence-electron chi connectivity index (χ3n) is 9.36. The Morgan fingerprint density at radius 2 is 1.36 bits per heavy atom. The fraction of sp³-hybridized carbons (Fsp3) is 0.306. The fourth-order valence-electron chi connectivity index (χ4n) is 7.34. The minimum absolute atomic E-state index is 0.190. The van der Waals surface area contributed by atoms with Crippen LogP contribution in [0.3, 0.4) is 0 Å². The summed E-state index contributed by atoms with van der Waals surface area (Å²) in [6.45, 7) is 4.94. The minimum Gasteiger partial charge on any atom is -0.338 e. The van der Waals surface area contributed by atoms with E-state index in [1.165, 1.54) is 40.7 Å². The standard InChI is InChI=1S/C36H36N2O/c39-36(33-17-9-15-30-22-29-14-7-8-16-32(29)35(30)33)38-24-31(34(25-38)28-12-5-2-6-13-28)23-37-20-18-27(19-21-37)26-10-3-1-4-11-26/h1-17,27,31,34H,18-25H2. The number of nitrogens with zero attached hydrogens (tertiary/aromatic N) is 2. The Labute approximate surface area is 232 Å². The average molecular weight is 513 g/mol. The molecule has 196 valence electrons. The summed E-state index contributed by atoms with van der Waals surface area (Å²) in [5.74, 6) is 1.66. The van der Waals surface area contributed by atoms with E-state index in [-0.39, 0.29) is 5.91 Å². The number of rotatable bonds is 5. The summed E-state index contributed by atoms with van der Waals surface area (Å²) in [7, 11) is 0. The second kappa shape index (κ2) is 10.5. The number of carbonyl (C=O) groups is 1. The van der Waals surface area contributed by atoms with Gasteiger partial charge in [-0.1, -0.05) is 97.1 Å². The maximum atomic E-state index is 14.1. The first kappa shape index (κ1) is 24.4. The van der Waals surface area contributed by atoms with Crippen LogP contribution in [0, 0.1) is 5.92 Å². The summed E-state index contributed by atoms with van der Waals surface area (Å²) in [4.78, 5) is 18.9. The van der Waals surface area contributed by atoms with Crippen LogP contribution in [-0.2, 0) is 6.42 Å². The van der Waals surface area contributed by atoms with E-state index >= 15 is 0 Å².